The van der Waals surface area contributed by atoms with Crippen molar-refractivity contribution in [2.45, 2.75) is 52.5 Å². The van der Waals surface area contributed by atoms with Gasteiger partial charge in [-0.25, -0.2) is 9.67 Å². The normalized spacial score (nSPS) is 17.6. The molecular weight excluding hydrogens is 264 g/mol. The van der Waals surface area contributed by atoms with Crippen LogP contribution in [0.5, 0.6) is 0 Å². The summed E-state index contributed by atoms with van der Waals surface area (Å²) < 4.78 is 1.92. The maximum Gasteiger partial charge on any atom is 0.170 e. The Labute approximate surface area is 124 Å². The van der Waals surface area contributed by atoms with E-state index in [1.807, 2.05) is 11.6 Å². The lowest BCUT2D eigenvalue weighted by molar-refractivity contribution is 0.0935. The second-order valence-electron chi connectivity index (χ2n) is 5.83. The Morgan fingerprint density at radius 2 is 2.19 bits per heavy atom. The smallest absolute Gasteiger partial charge is 0.170 e. The maximum atomic E-state index is 12.4. The molecular formula is C16H22N4O. The molecule has 0 bridgehead atoms. The van der Waals surface area contributed by atoms with Crippen LogP contribution in [0.3, 0.4) is 0 Å². The van der Waals surface area contributed by atoms with Gasteiger partial charge in [0.05, 0.1) is 28.5 Å². The van der Waals surface area contributed by atoms with Gasteiger partial charge in [0.1, 0.15) is 0 Å². The number of pyridine rings is 1. The number of carbonyl (C=O) groups is 1. The molecule has 112 valence electrons. The summed E-state index contributed by atoms with van der Waals surface area (Å²) in [6.45, 7) is 5.07. The van der Waals surface area contributed by atoms with Crippen LogP contribution in [0.4, 0.5) is 5.69 Å². The minimum Gasteiger partial charge on any atom is -0.397 e. The summed E-state index contributed by atoms with van der Waals surface area (Å²) in [7, 11) is 0. The van der Waals surface area contributed by atoms with E-state index in [4.69, 9.17) is 10.7 Å². The number of hydrogen-bond acceptors (Lipinski definition) is 4. The third-order valence-corrected chi connectivity index (χ3v) is 4.42. The molecule has 1 atom stereocenters. The molecule has 3 rings (SSSR count). The summed E-state index contributed by atoms with van der Waals surface area (Å²) in [5, 5.41) is 5.21. The topological polar surface area (TPSA) is 73.8 Å². The number of nitrogens with zero attached hydrogens (tertiary/aromatic N) is 3. The molecule has 21 heavy (non-hydrogen) atoms. The summed E-state index contributed by atoms with van der Waals surface area (Å²) >= 11 is 0. The fraction of sp³-hybridized carbons (Fsp3) is 0.562. The highest BCUT2D eigenvalue weighted by molar-refractivity contribution is 6.11. The molecule has 1 unspecified atom stereocenters. The van der Waals surface area contributed by atoms with E-state index in [1.165, 1.54) is 12.8 Å². The van der Waals surface area contributed by atoms with E-state index in [2.05, 4.69) is 12.0 Å². The molecule has 0 amide bonds. The van der Waals surface area contributed by atoms with Crippen molar-refractivity contribution < 1.29 is 4.79 Å². The van der Waals surface area contributed by atoms with Crippen LogP contribution in [0.2, 0.25) is 0 Å². The van der Waals surface area contributed by atoms with Gasteiger partial charge in [0.15, 0.2) is 11.4 Å². The second kappa shape index (κ2) is 5.47. The predicted octanol–water partition coefficient (Wildman–Crippen LogP) is 2.97. The first-order chi connectivity index (χ1) is 10.2. The Morgan fingerprint density at radius 3 is 2.90 bits per heavy atom. The molecule has 0 radical (unpaired) electrons. The molecule has 2 aromatic heterocycles. The van der Waals surface area contributed by atoms with Crippen molar-refractivity contribution >= 4 is 22.5 Å². The first kappa shape index (κ1) is 14.0. The van der Waals surface area contributed by atoms with Crippen LogP contribution in [-0.2, 0) is 13.0 Å². The second-order valence-corrected chi connectivity index (χ2v) is 5.83. The van der Waals surface area contributed by atoms with Crippen molar-refractivity contribution in [2.24, 2.45) is 5.92 Å². The largest absolute Gasteiger partial charge is 0.397 e. The van der Waals surface area contributed by atoms with Crippen molar-refractivity contribution in [3.8, 4) is 0 Å². The number of nitrogens with two attached hydrogens (primary N) is 1. The summed E-state index contributed by atoms with van der Waals surface area (Å²) in [6, 6.07) is 0. The van der Waals surface area contributed by atoms with Gasteiger partial charge in [-0.3, -0.25) is 4.79 Å². The minimum absolute atomic E-state index is 0.0443. The minimum atomic E-state index is 0.0443. The molecule has 0 saturated carbocycles. The highest BCUT2D eigenvalue weighted by Crippen LogP contribution is 2.35. The summed E-state index contributed by atoms with van der Waals surface area (Å²) in [5.41, 5.74) is 9.12. The van der Waals surface area contributed by atoms with Crippen molar-refractivity contribution in [2.75, 3.05) is 5.73 Å². The van der Waals surface area contributed by atoms with Crippen LogP contribution in [0.25, 0.3) is 11.0 Å². The van der Waals surface area contributed by atoms with Gasteiger partial charge < -0.3 is 5.73 Å². The van der Waals surface area contributed by atoms with Crippen molar-refractivity contribution in [1.82, 2.24) is 14.8 Å². The lowest BCUT2D eigenvalue weighted by Crippen LogP contribution is -2.09. The quantitative estimate of drug-likeness (QED) is 0.857. The predicted molar refractivity (Wildman–Crippen MR) is 83.3 cm³/mol. The number of unbranched alkanes of at least 4 members (excludes halogenated alkanes) is 2. The number of ketones is 1. The fourth-order valence-corrected chi connectivity index (χ4v) is 3.12. The van der Waals surface area contributed by atoms with Gasteiger partial charge in [-0.05, 0) is 12.8 Å². The molecule has 0 aromatic carbocycles. The zero-order chi connectivity index (χ0) is 15.0. The number of carbonyl (C=O) groups excluding carboxylic acids is 1. The summed E-state index contributed by atoms with van der Waals surface area (Å²) in [4.78, 5) is 17.1. The van der Waals surface area contributed by atoms with Crippen molar-refractivity contribution in [3.05, 3.63) is 17.5 Å². The first-order valence-corrected chi connectivity index (χ1v) is 7.85. The fourth-order valence-electron chi connectivity index (χ4n) is 3.12. The van der Waals surface area contributed by atoms with E-state index >= 15 is 0 Å². The molecule has 0 aliphatic heterocycles. The van der Waals surface area contributed by atoms with E-state index in [1.54, 1.807) is 6.20 Å². The number of fused-ring (bicyclic) bond motifs is 2. The molecule has 2 heterocycles. The average Bonchev–Trinajstić information content (AvgIpc) is 3.02. The molecule has 2 N–H and O–H groups in total. The van der Waals surface area contributed by atoms with Gasteiger partial charge in [-0.2, -0.15) is 5.10 Å². The molecule has 0 spiro atoms. The number of aromatic nitrogens is 3. The van der Waals surface area contributed by atoms with Crippen molar-refractivity contribution in [1.29, 1.82) is 0 Å². The molecule has 2 aromatic rings. The lowest BCUT2D eigenvalue weighted by Gasteiger charge is -2.06. The zero-order valence-electron chi connectivity index (χ0n) is 12.7. The highest BCUT2D eigenvalue weighted by Gasteiger charge is 2.33. The molecule has 1 aliphatic carbocycles. The standard InChI is InChI=1S/C16H22N4O/c1-3-5-6-7-20-16-11(9-18-20)14(17)13-12(19-16)8-10(4-2)15(13)21/h9-10H,3-8H2,1-2H3,(H2,17,19). The van der Waals surface area contributed by atoms with Gasteiger partial charge in [-0.15, -0.1) is 0 Å². The molecule has 5 nitrogen and oxygen atoms in total. The Kier molecular flexibility index (Phi) is 3.66. The first-order valence-electron chi connectivity index (χ1n) is 7.85. The Hall–Kier alpha value is -1.91. The van der Waals surface area contributed by atoms with Gasteiger partial charge in [0, 0.05) is 18.9 Å². The van der Waals surface area contributed by atoms with Gasteiger partial charge in [0.2, 0.25) is 0 Å². The number of aryl methyl sites for hydroxylation is 1. The Morgan fingerprint density at radius 1 is 1.38 bits per heavy atom. The number of anilines is 1. The monoisotopic (exact) mass is 286 g/mol. The Bertz CT molecular complexity index is 689. The number of rotatable bonds is 5. The van der Waals surface area contributed by atoms with Crippen LogP contribution in [0.15, 0.2) is 6.20 Å². The highest BCUT2D eigenvalue weighted by atomic mass is 16.1. The van der Waals surface area contributed by atoms with E-state index in [0.717, 1.165) is 36.1 Å². The summed E-state index contributed by atoms with van der Waals surface area (Å²) in [5.74, 6) is 0.195. The van der Waals surface area contributed by atoms with E-state index in [-0.39, 0.29) is 11.7 Å². The molecule has 0 saturated heterocycles. The van der Waals surface area contributed by atoms with Gasteiger partial charge in [-0.1, -0.05) is 26.7 Å². The van der Waals surface area contributed by atoms with E-state index in [9.17, 15) is 4.79 Å². The van der Waals surface area contributed by atoms with Crippen LogP contribution >= 0.6 is 0 Å². The van der Waals surface area contributed by atoms with Crippen LogP contribution in [-0.4, -0.2) is 20.5 Å². The number of hydrogen-bond donors (Lipinski definition) is 1. The van der Waals surface area contributed by atoms with E-state index in [0.29, 0.717) is 17.7 Å². The summed E-state index contributed by atoms with van der Waals surface area (Å²) in [6.07, 6.45) is 6.74. The van der Waals surface area contributed by atoms with E-state index < -0.39 is 0 Å². The average molecular weight is 286 g/mol. The third kappa shape index (κ3) is 2.20. The molecule has 0 fully saturated rings. The maximum absolute atomic E-state index is 12.4. The van der Waals surface area contributed by atoms with Crippen LogP contribution in [0, 0.1) is 5.92 Å². The van der Waals surface area contributed by atoms with Crippen molar-refractivity contribution in [3.63, 3.8) is 0 Å². The van der Waals surface area contributed by atoms with Gasteiger partial charge in [0.25, 0.3) is 0 Å². The molecule has 1 aliphatic rings. The lowest BCUT2D eigenvalue weighted by atomic mass is 10.0. The van der Waals surface area contributed by atoms with Crippen LogP contribution in [0.1, 0.15) is 55.6 Å². The third-order valence-electron chi connectivity index (χ3n) is 4.42. The van der Waals surface area contributed by atoms with Gasteiger partial charge >= 0.3 is 0 Å². The molecule has 5 heteroatoms. The number of Topliss-reactive ketones (excluding diaryl/α,β-unsaturated/α-hetero) is 1. The van der Waals surface area contributed by atoms with Crippen LogP contribution < -0.4 is 5.73 Å². The zero-order valence-corrected chi connectivity index (χ0v) is 12.7. The number of nitrogen functional groups attached to an aromatic ring is 1. The Balaban J connectivity index is 2.03. The SMILES string of the molecule is CCCCCn1ncc2c(N)c3c(nc21)CC(CC)C3=O.